The molecule has 0 aliphatic carbocycles. The number of likely N-dealkylation sites (N-methyl/N-ethyl adjacent to an activating group) is 1. The SMILES string of the molecule is CCNC(C)(CN1CC(C)OC(C)(C)C1)C(=O)O. The summed E-state index contributed by atoms with van der Waals surface area (Å²) in [6.07, 6.45) is 0.133. The van der Waals surface area contributed by atoms with Crippen molar-refractivity contribution in [1.29, 1.82) is 0 Å². The van der Waals surface area contributed by atoms with Crippen LogP contribution in [0.5, 0.6) is 0 Å². The molecule has 0 amide bonds. The van der Waals surface area contributed by atoms with Crippen LogP contribution in [-0.4, -0.2) is 59.4 Å². The molecule has 2 atom stereocenters. The fourth-order valence-corrected chi connectivity index (χ4v) is 2.74. The lowest BCUT2D eigenvalue weighted by Gasteiger charge is -2.44. The first-order valence-electron chi connectivity index (χ1n) is 6.57. The number of nitrogens with one attached hydrogen (secondary N) is 1. The predicted octanol–water partition coefficient (Wildman–Crippen LogP) is 0.939. The minimum Gasteiger partial charge on any atom is -0.480 e. The van der Waals surface area contributed by atoms with Gasteiger partial charge in [0.25, 0.3) is 0 Å². The van der Waals surface area contributed by atoms with Crippen molar-refractivity contribution in [3.05, 3.63) is 0 Å². The van der Waals surface area contributed by atoms with Crippen molar-refractivity contribution in [2.75, 3.05) is 26.2 Å². The van der Waals surface area contributed by atoms with Gasteiger partial charge in [-0.05, 0) is 34.2 Å². The summed E-state index contributed by atoms with van der Waals surface area (Å²) in [4.78, 5) is 13.6. The standard InChI is InChI=1S/C13H26N2O3/c1-6-14-13(5,11(16)17)9-15-7-10(2)18-12(3,4)8-15/h10,14H,6-9H2,1-5H3,(H,16,17). The fourth-order valence-electron chi connectivity index (χ4n) is 2.74. The van der Waals surface area contributed by atoms with Gasteiger partial charge in [0.15, 0.2) is 0 Å². The molecule has 5 nitrogen and oxygen atoms in total. The Kier molecular flexibility index (Phi) is 4.75. The highest BCUT2D eigenvalue weighted by Crippen LogP contribution is 2.22. The number of hydrogen-bond acceptors (Lipinski definition) is 4. The molecular formula is C13H26N2O3. The first kappa shape index (κ1) is 15.4. The highest BCUT2D eigenvalue weighted by atomic mass is 16.5. The number of ether oxygens (including phenoxy) is 1. The molecule has 0 aromatic heterocycles. The van der Waals surface area contributed by atoms with Gasteiger partial charge in [0.2, 0.25) is 0 Å². The molecule has 106 valence electrons. The van der Waals surface area contributed by atoms with Crippen molar-refractivity contribution in [2.24, 2.45) is 0 Å². The van der Waals surface area contributed by atoms with Crippen LogP contribution in [0.25, 0.3) is 0 Å². The van der Waals surface area contributed by atoms with Crippen molar-refractivity contribution in [3.8, 4) is 0 Å². The van der Waals surface area contributed by atoms with E-state index in [0.717, 1.165) is 13.1 Å². The van der Waals surface area contributed by atoms with Crippen LogP contribution in [0.1, 0.15) is 34.6 Å². The maximum Gasteiger partial charge on any atom is 0.324 e. The fraction of sp³-hybridized carbons (Fsp3) is 0.923. The molecule has 1 rings (SSSR count). The maximum absolute atomic E-state index is 11.4. The van der Waals surface area contributed by atoms with E-state index in [4.69, 9.17) is 4.74 Å². The molecule has 0 saturated carbocycles. The van der Waals surface area contributed by atoms with Gasteiger partial charge in [-0.25, -0.2) is 0 Å². The van der Waals surface area contributed by atoms with E-state index in [1.54, 1.807) is 6.92 Å². The smallest absolute Gasteiger partial charge is 0.324 e. The predicted molar refractivity (Wildman–Crippen MR) is 70.8 cm³/mol. The molecule has 0 spiro atoms. The number of carbonyl (C=O) groups is 1. The number of carboxylic acid groups (broad SMARTS) is 1. The summed E-state index contributed by atoms with van der Waals surface area (Å²) in [7, 11) is 0. The lowest BCUT2D eigenvalue weighted by molar-refractivity contribution is -0.152. The van der Waals surface area contributed by atoms with Crippen molar-refractivity contribution in [2.45, 2.75) is 51.9 Å². The number of aliphatic carboxylic acids is 1. The molecule has 18 heavy (non-hydrogen) atoms. The second-order valence-electron chi connectivity index (χ2n) is 6.03. The number of rotatable bonds is 5. The Labute approximate surface area is 109 Å². The van der Waals surface area contributed by atoms with Crippen LogP contribution in [0.3, 0.4) is 0 Å². The molecular weight excluding hydrogens is 232 g/mol. The maximum atomic E-state index is 11.4. The van der Waals surface area contributed by atoms with E-state index >= 15 is 0 Å². The first-order valence-corrected chi connectivity index (χ1v) is 6.57. The monoisotopic (exact) mass is 258 g/mol. The Balaban J connectivity index is 2.72. The normalized spacial score (nSPS) is 27.7. The van der Waals surface area contributed by atoms with Gasteiger partial charge in [0.1, 0.15) is 5.54 Å². The summed E-state index contributed by atoms with van der Waals surface area (Å²) in [5, 5.41) is 12.4. The van der Waals surface area contributed by atoms with Crippen LogP contribution in [0, 0.1) is 0 Å². The van der Waals surface area contributed by atoms with Crippen molar-refractivity contribution < 1.29 is 14.6 Å². The summed E-state index contributed by atoms with van der Waals surface area (Å²) < 4.78 is 5.83. The number of hydrogen-bond donors (Lipinski definition) is 2. The number of carboxylic acids is 1. The third-order valence-corrected chi connectivity index (χ3v) is 3.22. The van der Waals surface area contributed by atoms with E-state index in [0.29, 0.717) is 13.1 Å². The average Bonchev–Trinajstić information content (AvgIpc) is 2.13. The molecule has 1 heterocycles. The molecule has 1 aliphatic heterocycles. The van der Waals surface area contributed by atoms with E-state index in [-0.39, 0.29) is 11.7 Å². The molecule has 0 aromatic carbocycles. The molecule has 5 heteroatoms. The van der Waals surface area contributed by atoms with Crippen molar-refractivity contribution in [3.63, 3.8) is 0 Å². The molecule has 0 radical (unpaired) electrons. The molecule has 1 saturated heterocycles. The first-order chi connectivity index (χ1) is 8.18. The van der Waals surface area contributed by atoms with Crippen LogP contribution in [-0.2, 0) is 9.53 Å². The zero-order valence-electron chi connectivity index (χ0n) is 12.1. The summed E-state index contributed by atoms with van der Waals surface area (Å²) in [6, 6.07) is 0. The Morgan fingerprint density at radius 2 is 2.22 bits per heavy atom. The minimum absolute atomic E-state index is 0.133. The van der Waals surface area contributed by atoms with Gasteiger partial charge < -0.3 is 15.2 Å². The Hall–Kier alpha value is -0.650. The van der Waals surface area contributed by atoms with Crippen LogP contribution >= 0.6 is 0 Å². The summed E-state index contributed by atoms with van der Waals surface area (Å²) in [6.45, 7) is 12.4. The van der Waals surface area contributed by atoms with Crippen LogP contribution in [0.4, 0.5) is 0 Å². The van der Waals surface area contributed by atoms with Crippen LogP contribution in [0.2, 0.25) is 0 Å². The van der Waals surface area contributed by atoms with Crippen molar-refractivity contribution in [1.82, 2.24) is 10.2 Å². The number of morpholine rings is 1. The van der Waals surface area contributed by atoms with Crippen molar-refractivity contribution >= 4 is 5.97 Å². The van der Waals surface area contributed by atoms with Crippen LogP contribution < -0.4 is 5.32 Å². The quantitative estimate of drug-likeness (QED) is 0.768. The Morgan fingerprint density at radius 1 is 1.61 bits per heavy atom. The Morgan fingerprint density at radius 3 is 2.67 bits per heavy atom. The second kappa shape index (κ2) is 5.55. The van der Waals surface area contributed by atoms with E-state index in [2.05, 4.69) is 10.2 Å². The minimum atomic E-state index is -0.901. The molecule has 1 aliphatic rings. The van der Waals surface area contributed by atoms with E-state index in [1.807, 2.05) is 27.7 Å². The molecule has 2 N–H and O–H groups in total. The highest BCUT2D eigenvalue weighted by Gasteiger charge is 2.38. The summed E-state index contributed by atoms with van der Waals surface area (Å²) >= 11 is 0. The second-order valence-corrected chi connectivity index (χ2v) is 6.03. The molecule has 0 aromatic rings. The largest absolute Gasteiger partial charge is 0.480 e. The topological polar surface area (TPSA) is 61.8 Å². The van der Waals surface area contributed by atoms with Gasteiger partial charge in [-0.3, -0.25) is 9.69 Å². The van der Waals surface area contributed by atoms with E-state index in [9.17, 15) is 9.90 Å². The van der Waals surface area contributed by atoms with Gasteiger partial charge in [0, 0.05) is 19.6 Å². The third kappa shape index (κ3) is 3.93. The molecule has 0 bridgehead atoms. The zero-order valence-corrected chi connectivity index (χ0v) is 12.1. The lowest BCUT2D eigenvalue weighted by atomic mass is 9.98. The van der Waals surface area contributed by atoms with Gasteiger partial charge in [-0.1, -0.05) is 6.92 Å². The summed E-state index contributed by atoms with van der Waals surface area (Å²) in [5.41, 5.74) is -1.12. The number of nitrogens with zero attached hydrogens (tertiary/aromatic N) is 1. The van der Waals surface area contributed by atoms with E-state index in [1.165, 1.54) is 0 Å². The van der Waals surface area contributed by atoms with E-state index < -0.39 is 11.5 Å². The zero-order chi connectivity index (χ0) is 14.0. The van der Waals surface area contributed by atoms with Crippen LogP contribution in [0.15, 0.2) is 0 Å². The average molecular weight is 258 g/mol. The highest BCUT2D eigenvalue weighted by molar-refractivity contribution is 5.78. The summed E-state index contributed by atoms with van der Waals surface area (Å²) in [5.74, 6) is -0.804. The lowest BCUT2D eigenvalue weighted by Crippen LogP contribution is -2.61. The molecule has 2 unspecified atom stereocenters. The third-order valence-electron chi connectivity index (χ3n) is 3.22. The Bertz CT molecular complexity index is 307. The van der Waals surface area contributed by atoms with Gasteiger partial charge in [0.05, 0.1) is 11.7 Å². The molecule has 1 fully saturated rings. The van der Waals surface area contributed by atoms with Gasteiger partial charge in [-0.15, -0.1) is 0 Å². The van der Waals surface area contributed by atoms with Gasteiger partial charge in [-0.2, -0.15) is 0 Å². The van der Waals surface area contributed by atoms with Gasteiger partial charge >= 0.3 is 5.97 Å².